The minimum absolute atomic E-state index is 0.235. The summed E-state index contributed by atoms with van der Waals surface area (Å²) in [6.45, 7) is 8.54. The summed E-state index contributed by atoms with van der Waals surface area (Å²) < 4.78 is 5.96. The van der Waals surface area contributed by atoms with Crippen LogP contribution in [0.5, 0.6) is 0 Å². The van der Waals surface area contributed by atoms with Gasteiger partial charge < -0.3 is 9.64 Å². The summed E-state index contributed by atoms with van der Waals surface area (Å²) >= 11 is 5.24. The van der Waals surface area contributed by atoms with E-state index in [4.69, 9.17) is 17.0 Å². The van der Waals surface area contributed by atoms with Gasteiger partial charge in [-0.05, 0) is 62.4 Å². The first kappa shape index (κ1) is 12.7. The van der Waals surface area contributed by atoms with Crippen molar-refractivity contribution in [2.75, 3.05) is 13.1 Å². The minimum atomic E-state index is -0.235. The predicted molar refractivity (Wildman–Crippen MR) is 82.0 cm³/mol. The van der Waals surface area contributed by atoms with Crippen molar-refractivity contribution < 1.29 is 4.74 Å². The highest BCUT2D eigenvalue weighted by Crippen LogP contribution is 2.57. The number of likely N-dealkylation sites (N-methyl/N-ethyl adjacent to an activating group) is 1. The molecule has 100 valence electrons. The van der Waals surface area contributed by atoms with Crippen molar-refractivity contribution in [2.24, 2.45) is 0 Å². The first-order valence-electron chi connectivity index (χ1n) is 6.91. The Morgan fingerprint density at radius 1 is 1.26 bits per heavy atom. The van der Waals surface area contributed by atoms with E-state index in [2.05, 4.69) is 43.9 Å². The topological polar surface area (TPSA) is 12.5 Å². The molecule has 0 saturated heterocycles. The van der Waals surface area contributed by atoms with Gasteiger partial charge in [-0.1, -0.05) is 6.08 Å². The molecule has 1 heterocycles. The zero-order valence-electron chi connectivity index (χ0n) is 11.7. The van der Waals surface area contributed by atoms with Crippen molar-refractivity contribution in [1.82, 2.24) is 4.90 Å². The molecule has 0 radical (unpaired) electrons. The number of allylic oxidation sites excluding steroid dienone is 3. The van der Waals surface area contributed by atoms with Gasteiger partial charge >= 0.3 is 0 Å². The van der Waals surface area contributed by atoms with Crippen LogP contribution >= 0.6 is 12.2 Å². The van der Waals surface area contributed by atoms with Crippen LogP contribution in [0.1, 0.15) is 27.2 Å². The van der Waals surface area contributed by atoms with Crippen molar-refractivity contribution in [1.29, 1.82) is 0 Å². The van der Waals surface area contributed by atoms with Crippen molar-refractivity contribution in [3.8, 4) is 0 Å². The van der Waals surface area contributed by atoms with Gasteiger partial charge in [0, 0.05) is 30.8 Å². The SMILES string of the molecule is CCN(CC)C1=CC=C2C(C)=CC(=S)OC23CC3=C1. The Bertz CT molecular complexity index is 563. The van der Waals surface area contributed by atoms with Crippen LogP contribution in [0.2, 0.25) is 0 Å². The second-order valence-electron chi connectivity index (χ2n) is 5.27. The van der Waals surface area contributed by atoms with E-state index in [1.54, 1.807) is 0 Å². The zero-order chi connectivity index (χ0) is 13.6. The largest absolute Gasteiger partial charge is 0.467 e. The molecule has 2 nitrogen and oxygen atoms in total. The first-order chi connectivity index (χ1) is 9.10. The zero-order valence-corrected chi connectivity index (χ0v) is 12.5. The molecule has 1 unspecified atom stereocenters. The van der Waals surface area contributed by atoms with Gasteiger partial charge in [-0.2, -0.15) is 0 Å². The third kappa shape index (κ3) is 1.88. The quantitative estimate of drug-likeness (QED) is 0.730. The molecule has 1 aliphatic heterocycles. The van der Waals surface area contributed by atoms with Crippen LogP contribution in [0.25, 0.3) is 0 Å². The van der Waals surface area contributed by atoms with Crippen LogP contribution in [0.4, 0.5) is 0 Å². The average molecular weight is 273 g/mol. The molecular weight excluding hydrogens is 254 g/mol. The van der Waals surface area contributed by atoms with Gasteiger partial charge in [0.25, 0.3) is 0 Å². The Labute approximate surface area is 120 Å². The molecule has 0 N–H and O–H groups in total. The molecule has 1 atom stereocenters. The number of rotatable bonds is 3. The third-order valence-corrected chi connectivity index (χ3v) is 4.37. The predicted octanol–water partition coefficient (Wildman–Crippen LogP) is 3.52. The van der Waals surface area contributed by atoms with Crippen LogP contribution in [-0.4, -0.2) is 28.6 Å². The fourth-order valence-electron chi connectivity index (χ4n) is 3.04. The van der Waals surface area contributed by atoms with E-state index in [9.17, 15) is 0 Å². The van der Waals surface area contributed by atoms with E-state index < -0.39 is 0 Å². The van der Waals surface area contributed by atoms with E-state index in [-0.39, 0.29) is 5.60 Å². The lowest BCUT2D eigenvalue weighted by atomic mass is 9.96. The van der Waals surface area contributed by atoms with Crippen LogP contribution in [0.15, 0.2) is 46.7 Å². The summed E-state index contributed by atoms with van der Waals surface area (Å²) in [7, 11) is 0. The summed E-state index contributed by atoms with van der Waals surface area (Å²) in [6.07, 6.45) is 9.62. The molecular formula is C16H19NOS. The van der Waals surface area contributed by atoms with Crippen molar-refractivity contribution in [3.05, 3.63) is 46.7 Å². The van der Waals surface area contributed by atoms with Gasteiger partial charge in [0.1, 0.15) is 0 Å². The number of hydrogen-bond acceptors (Lipinski definition) is 3. The highest BCUT2D eigenvalue weighted by molar-refractivity contribution is 7.80. The lowest BCUT2D eigenvalue weighted by Crippen LogP contribution is -2.25. The fourth-order valence-corrected chi connectivity index (χ4v) is 3.36. The van der Waals surface area contributed by atoms with E-state index >= 15 is 0 Å². The standard InChI is InChI=1S/C16H19NOS/c1-4-17(5-2)13-6-7-14-11(3)8-15(19)18-16(14)10-12(16)9-13/h6-9H,4-5,10H2,1-3H3. The lowest BCUT2D eigenvalue weighted by molar-refractivity contribution is 0.222. The van der Waals surface area contributed by atoms with Crippen molar-refractivity contribution in [2.45, 2.75) is 32.8 Å². The summed E-state index contributed by atoms with van der Waals surface area (Å²) in [5, 5.41) is 0.615. The molecule has 0 aromatic rings. The third-order valence-electron chi connectivity index (χ3n) is 4.17. The van der Waals surface area contributed by atoms with Gasteiger partial charge in [-0.25, -0.2) is 0 Å². The smallest absolute Gasteiger partial charge is 0.185 e. The van der Waals surface area contributed by atoms with Gasteiger partial charge in [0.15, 0.2) is 10.7 Å². The molecule has 19 heavy (non-hydrogen) atoms. The summed E-state index contributed by atoms with van der Waals surface area (Å²) in [5.41, 5.74) is 4.90. The highest BCUT2D eigenvalue weighted by Gasteiger charge is 2.57. The average Bonchev–Trinajstić information content (AvgIpc) is 3.02. The van der Waals surface area contributed by atoms with Crippen molar-refractivity contribution in [3.63, 3.8) is 0 Å². The summed E-state index contributed by atoms with van der Waals surface area (Å²) in [4.78, 5) is 2.37. The molecule has 2 aliphatic carbocycles. The normalized spacial score (nSPS) is 27.8. The molecule has 0 aromatic carbocycles. The van der Waals surface area contributed by atoms with E-state index in [1.807, 2.05) is 6.08 Å². The Kier molecular flexibility index (Phi) is 2.90. The molecule has 1 saturated carbocycles. The maximum atomic E-state index is 5.96. The Morgan fingerprint density at radius 2 is 2.00 bits per heavy atom. The second kappa shape index (κ2) is 4.34. The minimum Gasteiger partial charge on any atom is -0.467 e. The van der Waals surface area contributed by atoms with Gasteiger partial charge in [0.2, 0.25) is 0 Å². The molecule has 1 spiro atoms. The first-order valence-corrected chi connectivity index (χ1v) is 7.31. The van der Waals surface area contributed by atoms with E-state index in [0.717, 1.165) is 19.5 Å². The summed E-state index contributed by atoms with van der Waals surface area (Å²) in [6, 6.07) is 0. The van der Waals surface area contributed by atoms with E-state index in [0.29, 0.717) is 5.05 Å². The Balaban J connectivity index is 2.03. The van der Waals surface area contributed by atoms with E-state index in [1.165, 1.54) is 22.4 Å². The number of nitrogens with zero attached hydrogens (tertiary/aromatic N) is 1. The second-order valence-corrected chi connectivity index (χ2v) is 5.67. The van der Waals surface area contributed by atoms with Gasteiger partial charge in [0.05, 0.1) is 0 Å². The van der Waals surface area contributed by atoms with Crippen LogP contribution < -0.4 is 0 Å². The maximum absolute atomic E-state index is 5.96. The fraction of sp³-hybridized carbons (Fsp3) is 0.438. The monoisotopic (exact) mass is 273 g/mol. The Hall–Kier alpha value is -1.35. The number of hydrogen-bond donors (Lipinski definition) is 0. The molecule has 1 fully saturated rings. The Morgan fingerprint density at radius 3 is 2.68 bits per heavy atom. The molecule has 3 rings (SSSR count). The van der Waals surface area contributed by atoms with Gasteiger partial charge in [-0.3, -0.25) is 0 Å². The van der Waals surface area contributed by atoms with Crippen molar-refractivity contribution >= 4 is 17.3 Å². The maximum Gasteiger partial charge on any atom is 0.185 e. The summed E-state index contributed by atoms with van der Waals surface area (Å²) in [5.74, 6) is 0. The lowest BCUT2D eigenvalue weighted by Gasteiger charge is -2.25. The van der Waals surface area contributed by atoms with Crippen LogP contribution in [-0.2, 0) is 4.74 Å². The van der Waals surface area contributed by atoms with Crippen LogP contribution in [0, 0.1) is 0 Å². The van der Waals surface area contributed by atoms with Crippen LogP contribution in [0.3, 0.4) is 0 Å². The molecule has 0 amide bonds. The van der Waals surface area contributed by atoms with Gasteiger partial charge in [-0.15, -0.1) is 0 Å². The molecule has 0 aromatic heterocycles. The molecule has 3 heteroatoms. The number of ether oxygens (including phenoxy) is 1. The highest BCUT2D eigenvalue weighted by atomic mass is 32.1. The molecule has 0 bridgehead atoms. The molecule has 3 aliphatic rings. The number of thiocarbonyl (C=S) groups is 1.